The fourth-order valence-corrected chi connectivity index (χ4v) is 2.04. The van der Waals surface area contributed by atoms with Gasteiger partial charge in [-0.3, -0.25) is 0 Å². The van der Waals surface area contributed by atoms with Gasteiger partial charge in [0, 0.05) is 10.7 Å². The lowest BCUT2D eigenvalue weighted by molar-refractivity contribution is -0.138. The first kappa shape index (κ1) is 18.4. The van der Waals surface area contributed by atoms with Crippen molar-refractivity contribution in [1.29, 1.82) is 0 Å². The van der Waals surface area contributed by atoms with Crippen molar-refractivity contribution in [1.82, 2.24) is 0 Å². The number of hydrogen-bond donors (Lipinski definition) is 1. The summed E-state index contributed by atoms with van der Waals surface area (Å²) in [6, 6.07) is 13.8. The number of esters is 2. The zero-order chi connectivity index (χ0) is 18.2. The van der Waals surface area contributed by atoms with Crippen LogP contribution < -0.4 is 10.1 Å². The van der Waals surface area contributed by atoms with Gasteiger partial charge in [0.2, 0.25) is 0 Å². The van der Waals surface area contributed by atoms with Crippen molar-refractivity contribution in [2.45, 2.75) is 0 Å². The summed E-state index contributed by atoms with van der Waals surface area (Å²) in [6.45, 7) is 0. The first-order valence-corrected chi connectivity index (χ1v) is 7.58. The van der Waals surface area contributed by atoms with Gasteiger partial charge in [0.1, 0.15) is 17.2 Å². The van der Waals surface area contributed by atoms with Gasteiger partial charge in [0.15, 0.2) is 0 Å². The second-order valence-electron chi connectivity index (χ2n) is 4.78. The first-order chi connectivity index (χ1) is 12.0. The van der Waals surface area contributed by atoms with Crippen LogP contribution in [0.1, 0.15) is 0 Å². The van der Waals surface area contributed by atoms with Crippen LogP contribution in [0.15, 0.2) is 60.3 Å². The molecule has 0 aliphatic carbocycles. The summed E-state index contributed by atoms with van der Waals surface area (Å²) in [4.78, 5) is 23.1. The van der Waals surface area contributed by atoms with E-state index in [9.17, 15) is 9.59 Å². The van der Waals surface area contributed by atoms with Crippen LogP contribution in [0.4, 0.5) is 5.69 Å². The highest BCUT2D eigenvalue weighted by atomic mass is 35.5. The monoisotopic (exact) mass is 361 g/mol. The SMILES string of the molecule is COC(=O)/C=C(/Nc1ccc(Oc2cccc(Cl)c2)cc1)C(=O)OC. The molecule has 0 saturated carbocycles. The van der Waals surface area contributed by atoms with Crippen LogP contribution in [-0.4, -0.2) is 26.2 Å². The molecule has 0 aromatic heterocycles. The van der Waals surface area contributed by atoms with Gasteiger partial charge in [-0.2, -0.15) is 0 Å². The number of carbonyl (C=O) groups excluding carboxylic acids is 2. The van der Waals surface area contributed by atoms with Gasteiger partial charge >= 0.3 is 11.9 Å². The number of anilines is 1. The highest BCUT2D eigenvalue weighted by molar-refractivity contribution is 6.30. The molecule has 0 radical (unpaired) electrons. The number of carbonyl (C=O) groups is 2. The van der Waals surface area contributed by atoms with Crippen LogP contribution in [-0.2, 0) is 19.1 Å². The Morgan fingerprint density at radius 1 is 1.00 bits per heavy atom. The molecule has 0 unspecified atom stereocenters. The van der Waals surface area contributed by atoms with Crippen molar-refractivity contribution < 1.29 is 23.8 Å². The van der Waals surface area contributed by atoms with Crippen LogP contribution >= 0.6 is 11.6 Å². The summed E-state index contributed by atoms with van der Waals surface area (Å²) >= 11 is 5.91. The van der Waals surface area contributed by atoms with Gasteiger partial charge in [-0.25, -0.2) is 9.59 Å². The Labute approximate surface area is 150 Å². The van der Waals surface area contributed by atoms with E-state index in [1.54, 1.807) is 48.5 Å². The zero-order valence-corrected chi connectivity index (χ0v) is 14.4. The highest BCUT2D eigenvalue weighted by Gasteiger charge is 2.12. The molecule has 25 heavy (non-hydrogen) atoms. The Morgan fingerprint density at radius 3 is 2.32 bits per heavy atom. The average Bonchev–Trinajstić information content (AvgIpc) is 2.62. The lowest BCUT2D eigenvalue weighted by atomic mass is 10.2. The van der Waals surface area contributed by atoms with Crippen LogP contribution in [0.3, 0.4) is 0 Å². The maximum atomic E-state index is 11.7. The summed E-state index contributed by atoms with van der Waals surface area (Å²) in [5.41, 5.74) is 0.525. The van der Waals surface area contributed by atoms with Crippen LogP contribution in [0.25, 0.3) is 0 Å². The topological polar surface area (TPSA) is 73.9 Å². The van der Waals surface area contributed by atoms with E-state index >= 15 is 0 Å². The molecule has 130 valence electrons. The Hall–Kier alpha value is -2.99. The molecule has 0 amide bonds. The van der Waals surface area contributed by atoms with Crippen molar-refractivity contribution in [3.05, 3.63) is 65.3 Å². The summed E-state index contributed by atoms with van der Waals surface area (Å²) in [5, 5.41) is 3.38. The van der Waals surface area contributed by atoms with Gasteiger partial charge < -0.3 is 19.5 Å². The molecule has 7 heteroatoms. The molecule has 0 spiro atoms. The summed E-state index contributed by atoms with van der Waals surface area (Å²) in [6.07, 6.45) is 1.02. The van der Waals surface area contributed by atoms with Crippen molar-refractivity contribution in [2.75, 3.05) is 19.5 Å². The van der Waals surface area contributed by atoms with E-state index in [4.69, 9.17) is 16.3 Å². The van der Waals surface area contributed by atoms with E-state index in [-0.39, 0.29) is 5.70 Å². The van der Waals surface area contributed by atoms with Crippen LogP contribution in [0.2, 0.25) is 5.02 Å². The van der Waals surface area contributed by atoms with Crippen LogP contribution in [0.5, 0.6) is 11.5 Å². The van der Waals surface area contributed by atoms with Crippen molar-refractivity contribution in [3.8, 4) is 11.5 Å². The zero-order valence-electron chi connectivity index (χ0n) is 13.6. The minimum atomic E-state index is -0.690. The highest BCUT2D eigenvalue weighted by Crippen LogP contribution is 2.25. The van der Waals surface area contributed by atoms with E-state index in [0.717, 1.165) is 6.08 Å². The average molecular weight is 362 g/mol. The lowest BCUT2D eigenvalue weighted by Crippen LogP contribution is -2.15. The second-order valence-corrected chi connectivity index (χ2v) is 5.22. The quantitative estimate of drug-likeness (QED) is 0.623. The molecule has 2 aromatic rings. The number of benzene rings is 2. The smallest absolute Gasteiger partial charge is 0.354 e. The fourth-order valence-electron chi connectivity index (χ4n) is 1.86. The molecule has 0 heterocycles. The molecule has 0 aliphatic heterocycles. The predicted octanol–water partition coefficient (Wildman–Crippen LogP) is 3.77. The Morgan fingerprint density at radius 2 is 1.72 bits per heavy atom. The Bertz CT molecular complexity index is 786. The Kier molecular flexibility index (Phi) is 6.42. The van der Waals surface area contributed by atoms with Gasteiger partial charge in [0.25, 0.3) is 0 Å². The first-order valence-electron chi connectivity index (χ1n) is 7.20. The van der Waals surface area contributed by atoms with Crippen molar-refractivity contribution in [2.24, 2.45) is 0 Å². The number of ether oxygens (including phenoxy) is 3. The largest absolute Gasteiger partial charge is 0.466 e. The van der Waals surface area contributed by atoms with E-state index in [1.807, 2.05) is 0 Å². The second kappa shape index (κ2) is 8.75. The minimum Gasteiger partial charge on any atom is -0.466 e. The summed E-state index contributed by atoms with van der Waals surface area (Å²) in [7, 11) is 2.44. The van der Waals surface area contributed by atoms with E-state index in [1.165, 1.54) is 14.2 Å². The lowest BCUT2D eigenvalue weighted by Gasteiger charge is -2.10. The number of rotatable bonds is 6. The molecule has 6 nitrogen and oxygen atoms in total. The maximum absolute atomic E-state index is 11.7. The normalized spacial score (nSPS) is 10.8. The molecule has 0 aliphatic rings. The summed E-state index contributed by atoms with van der Waals surface area (Å²) < 4.78 is 14.8. The van der Waals surface area contributed by atoms with Crippen molar-refractivity contribution >= 4 is 29.2 Å². The fraction of sp³-hybridized carbons (Fsp3) is 0.111. The molecule has 0 saturated heterocycles. The molecule has 2 aromatic carbocycles. The third-order valence-corrected chi connectivity index (χ3v) is 3.27. The van der Waals surface area contributed by atoms with Crippen molar-refractivity contribution in [3.63, 3.8) is 0 Å². The van der Waals surface area contributed by atoms with Crippen LogP contribution in [0, 0.1) is 0 Å². The maximum Gasteiger partial charge on any atom is 0.354 e. The van der Waals surface area contributed by atoms with E-state index in [0.29, 0.717) is 22.2 Å². The predicted molar refractivity (Wildman–Crippen MR) is 93.7 cm³/mol. The Balaban J connectivity index is 2.11. The third kappa shape index (κ3) is 5.54. The number of nitrogens with one attached hydrogen (secondary N) is 1. The number of hydrogen-bond acceptors (Lipinski definition) is 6. The number of halogens is 1. The minimum absolute atomic E-state index is 0.0436. The molecule has 0 fully saturated rings. The third-order valence-electron chi connectivity index (χ3n) is 3.03. The van der Waals surface area contributed by atoms with Gasteiger partial charge in [-0.05, 0) is 42.5 Å². The molecular formula is C18H16ClNO5. The van der Waals surface area contributed by atoms with E-state index in [2.05, 4.69) is 14.8 Å². The van der Waals surface area contributed by atoms with Gasteiger partial charge in [-0.1, -0.05) is 17.7 Å². The molecule has 0 bridgehead atoms. The standard InChI is InChI=1S/C18H16ClNO5/c1-23-17(21)11-16(18(22)24-2)20-13-6-8-14(9-7-13)25-15-5-3-4-12(19)10-15/h3-11,20H,1-2H3/b16-11+. The molecule has 0 atom stereocenters. The summed E-state index contributed by atoms with van der Waals surface area (Å²) in [5.74, 6) is -0.170. The number of methoxy groups -OCH3 is 2. The van der Waals surface area contributed by atoms with Gasteiger partial charge in [-0.15, -0.1) is 0 Å². The molecule has 1 N–H and O–H groups in total. The van der Waals surface area contributed by atoms with E-state index < -0.39 is 11.9 Å². The molecule has 2 rings (SSSR count). The van der Waals surface area contributed by atoms with Gasteiger partial charge in [0.05, 0.1) is 20.3 Å². The molecular weight excluding hydrogens is 346 g/mol.